The molecule has 3 aromatic rings. The van der Waals surface area contributed by atoms with Gasteiger partial charge in [0.15, 0.2) is 5.69 Å². The predicted octanol–water partition coefficient (Wildman–Crippen LogP) is 3.07. The van der Waals surface area contributed by atoms with Crippen LogP contribution in [0.1, 0.15) is 58.4 Å². The van der Waals surface area contributed by atoms with E-state index in [0.29, 0.717) is 13.1 Å². The van der Waals surface area contributed by atoms with Crippen LogP contribution in [-0.4, -0.2) is 51.1 Å². The highest BCUT2D eigenvalue weighted by Gasteiger charge is 2.46. The summed E-state index contributed by atoms with van der Waals surface area (Å²) in [6.45, 7) is 8.41. The van der Waals surface area contributed by atoms with Gasteiger partial charge in [0.05, 0.1) is 12.6 Å². The number of ether oxygens (including phenoxy) is 1. The molecule has 0 saturated carbocycles. The summed E-state index contributed by atoms with van der Waals surface area (Å²) < 4.78 is 7.09. The maximum atomic E-state index is 13.2. The number of carbonyl (C=O) groups excluding carboxylic acids is 3. The molecule has 3 amide bonds. The standard InChI is InChI=1S/C28H33N5O4/c1-18(2)37-22-12-10-21(11-13-22)15-29-25(34)23-14-24-26(35)32(5)28(4,17-33(24)31-23)27(36)30-16-20-8-6-19(3)7-9-20/h6-14,18H,15-17H2,1-5H3,(H,29,34)(H,30,36)/t28-/m0/s1. The first-order chi connectivity index (χ1) is 17.6. The van der Waals surface area contributed by atoms with Crippen molar-refractivity contribution in [1.82, 2.24) is 25.3 Å². The van der Waals surface area contributed by atoms with Crippen LogP contribution < -0.4 is 15.4 Å². The van der Waals surface area contributed by atoms with Crippen LogP contribution in [0.25, 0.3) is 0 Å². The van der Waals surface area contributed by atoms with Gasteiger partial charge in [-0.25, -0.2) is 0 Å². The molecule has 9 nitrogen and oxygen atoms in total. The molecule has 37 heavy (non-hydrogen) atoms. The van der Waals surface area contributed by atoms with Crippen LogP contribution in [0.3, 0.4) is 0 Å². The highest BCUT2D eigenvalue weighted by atomic mass is 16.5. The van der Waals surface area contributed by atoms with Gasteiger partial charge in [0, 0.05) is 26.2 Å². The molecular formula is C28H33N5O4. The first kappa shape index (κ1) is 25.9. The third kappa shape index (κ3) is 5.66. The van der Waals surface area contributed by atoms with E-state index in [0.717, 1.165) is 22.4 Å². The van der Waals surface area contributed by atoms with Crippen molar-refractivity contribution in [2.45, 2.75) is 59.0 Å². The van der Waals surface area contributed by atoms with Gasteiger partial charge in [-0.3, -0.25) is 19.1 Å². The summed E-state index contributed by atoms with van der Waals surface area (Å²) in [4.78, 5) is 40.5. The number of amides is 3. The van der Waals surface area contributed by atoms with E-state index in [2.05, 4.69) is 15.7 Å². The number of aromatic nitrogens is 2. The molecule has 2 heterocycles. The van der Waals surface area contributed by atoms with Gasteiger partial charge in [0.1, 0.15) is 17.0 Å². The minimum Gasteiger partial charge on any atom is -0.491 e. The van der Waals surface area contributed by atoms with E-state index in [1.165, 1.54) is 15.6 Å². The maximum Gasteiger partial charge on any atom is 0.272 e. The zero-order valence-electron chi connectivity index (χ0n) is 21.9. The number of fused-ring (bicyclic) bond motifs is 1. The molecule has 0 bridgehead atoms. The number of nitrogens with one attached hydrogen (secondary N) is 2. The fourth-order valence-corrected chi connectivity index (χ4v) is 4.15. The summed E-state index contributed by atoms with van der Waals surface area (Å²) in [5, 5.41) is 10.1. The predicted molar refractivity (Wildman–Crippen MR) is 139 cm³/mol. The molecule has 2 aromatic carbocycles. The van der Waals surface area contributed by atoms with Gasteiger partial charge in [-0.2, -0.15) is 5.10 Å². The van der Waals surface area contributed by atoms with Gasteiger partial charge in [-0.1, -0.05) is 42.0 Å². The number of rotatable bonds is 8. The van der Waals surface area contributed by atoms with Gasteiger partial charge < -0.3 is 20.3 Å². The lowest BCUT2D eigenvalue weighted by atomic mass is 9.95. The Bertz CT molecular complexity index is 1300. The highest BCUT2D eigenvalue weighted by molar-refractivity contribution is 6.01. The molecule has 0 fully saturated rings. The molecule has 2 N–H and O–H groups in total. The molecule has 1 aliphatic heterocycles. The van der Waals surface area contributed by atoms with Crippen molar-refractivity contribution in [3.8, 4) is 5.75 Å². The van der Waals surface area contributed by atoms with E-state index >= 15 is 0 Å². The van der Waals surface area contributed by atoms with Gasteiger partial charge in [0.2, 0.25) is 5.91 Å². The molecule has 1 aromatic heterocycles. The second kappa shape index (κ2) is 10.5. The minimum absolute atomic E-state index is 0.0837. The summed E-state index contributed by atoms with van der Waals surface area (Å²) in [7, 11) is 1.59. The van der Waals surface area contributed by atoms with Crippen molar-refractivity contribution in [2.75, 3.05) is 7.05 Å². The SMILES string of the molecule is Cc1ccc(CNC(=O)[C@]2(C)Cn3nc(C(=O)NCc4ccc(OC(C)C)cc4)cc3C(=O)N2C)cc1. The molecule has 0 unspecified atom stereocenters. The monoisotopic (exact) mass is 503 g/mol. The Balaban J connectivity index is 1.41. The normalized spacial score (nSPS) is 16.9. The van der Waals surface area contributed by atoms with E-state index < -0.39 is 11.4 Å². The Morgan fingerprint density at radius 3 is 2.24 bits per heavy atom. The Kier molecular flexibility index (Phi) is 7.33. The Morgan fingerprint density at radius 1 is 1.03 bits per heavy atom. The van der Waals surface area contributed by atoms with Gasteiger partial charge in [0.25, 0.3) is 11.8 Å². The average molecular weight is 504 g/mol. The highest BCUT2D eigenvalue weighted by Crippen LogP contribution is 2.26. The Labute approximate surface area is 216 Å². The molecule has 1 aliphatic rings. The minimum atomic E-state index is -1.16. The smallest absolute Gasteiger partial charge is 0.272 e. The van der Waals surface area contributed by atoms with Crippen LogP contribution in [0.15, 0.2) is 54.6 Å². The molecule has 1 atom stereocenters. The van der Waals surface area contributed by atoms with Crippen molar-refractivity contribution >= 4 is 17.7 Å². The first-order valence-corrected chi connectivity index (χ1v) is 12.3. The quantitative estimate of drug-likeness (QED) is 0.492. The lowest BCUT2D eigenvalue weighted by Gasteiger charge is -2.40. The molecule has 194 valence electrons. The van der Waals surface area contributed by atoms with Gasteiger partial charge in [-0.15, -0.1) is 0 Å². The third-order valence-electron chi connectivity index (χ3n) is 6.55. The molecule has 0 aliphatic carbocycles. The summed E-state index contributed by atoms with van der Waals surface area (Å²) in [6.07, 6.45) is 0.0837. The number of aryl methyl sites for hydroxylation is 1. The van der Waals surface area contributed by atoms with Crippen LogP contribution >= 0.6 is 0 Å². The fraction of sp³-hybridized carbons (Fsp3) is 0.357. The van der Waals surface area contributed by atoms with E-state index in [1.54, 1.807) is 14.0 Å². The lowest BCUT2D eigenvalue weighted by molar-refractivity contribution is -0.132. The third-order valence-corrected chi connectivity index (χ3v) is 6.55. The lowest BCUT2D eigenvalue weighted by Crippen LogP contribution is -2.62. The van der Waals surface area contributed by atoms with Gasteiger partial charge in [-0.05, 0) is 51.0 Å². The summed E-state index contributed by atoms with van der Waals surface area (Å²) in [6, 6.07) is 16.8. The van der Waals surface area contributed by atoms with E-state index in [4.69, 9.17) is 4.74 Å². The number of hydrogen-bond acceptors (Lipinski definition) is 5. The number of benzene rings is 2. The molecule has 4 rings (SSSR count). The largest absolute Gasteiger partial charge is 0.491 e. The zero-order valence-corrected chi connectivity index (χ0v) is 21.9. The van der Waals surface area contributed by atoms with E-state index in [-0.39, 0.29) is 35.9 Å². The van der Waals surface area contributed by atoms with Crippen LogP contribution in [-0.2, 0) is 24.4 Å². The molecule has 0 spiro atoms. The molecule has 0 radical (unpaired) electrons. The first-order valence-electron chi connectivity index (χ1n) is 12.3. The van der Waals surface area contributed by atoms with Crippen LogP contribution in [0.2, 0.25) is 0 Å². The summed E-state index contributed by atoms with van der Waals surface area (Å²) in [5.41, 5.74) is 2.25. The van der Waals surface area contributed by atoms with Crippen molar-refractivity contribution in [1.29, 1.82) is 0 Å². The number of likely N-dealkylation sites (N-methyl/N-ethyl adjacent to an activating group) is 1. The van der Waals surface area contributed by atoms with Crippen LogP contribution in [0.4, 0.5) is 0 Å². The molecule has 9 heteroatoms. The van der Waals surface area contributed by atoms with Crippen molar-refractivity contribution in [3.05, 3.63) is 82.7 Å². The topological polar surface area (TPSA) is 106 Å². The summed E-state index contributed by atoms with van der Waals surface area (Å²) >= 11 is 0. The molecule has 0 saturated heterocycles. The van der Waals surface area contributed by atoms with Crippen LogP contribution in [0, 0.1) is 6.92 Å². The van der Waals surface area contributed by atoms with Crippen molar-refractivity contribution in [2.24, 2.45) is 0 Å². The zero-order chi connectivity index (χ0) is 26.7. The second-order valence-corrected chi connectivity index (χ2v) is 9.87. The summed E-state index contributed by atoms with van der Waals surface area (Å²) in [5.74, 6) is -0.293. The number of carbonyl (C=O) groups is 3. The van der Waals surface area contributed by atoms with E-state index in [1.807, 2.05) is 69.3 Å². The van der Waals surface area contributed by atoms with E-state index in [9.17, 15) is 14.4 Å². The molecular weight excluding hydrogens is 470 g/mol. The number of hydrogen-bond donors (Lipinski definition) is 2. The maximum absolute atomic E-state index is 13.2. The van der Waals surface area contributed by atoms with Crippen molar-refractivity contribution < 1.29 is 19.1 Å². The fourth-order valence-electron chi connectivity index (χ4n) is 4.15. The average Bonchev–Trinajstić information content (AvgIpc) is 3.30. The van der Waals surface area contributed by atoms with Gasteiger partial charge >= 0.3 is 0 Å². The van der Waals surface area contributed by atoms with Crippen LogP contribution in [0.5, 0.6) is 5.75 Å². The van der Waals surface area contributed by atoms with Crippen molar-refractivity contribution in [3.63, 3.8) is 0 Å². The Morgan fingerprint density at radius 2 is 1.62 bits per heavy atom. The Hall–Kier alpha value is -4.14. The second-order valence-electron chi connectivity index (χ2n) is 9.87. The number of nitrogens with zero attached hydrogens (tertiary/aromatic N) is 3.